The van der Waals surface area contributed by atoms with Crippen molar-refractivity contribution < 1.29 is 44.3 Å². The number of phenolic OH excluding ortho intramolecular Hbond substituents is 1. The first-order valence-electron chi connectivity index (χ1n) is 13.2. The fraction of sp³-hybridized carbons (Fsp3) is 0.333. The van der Waals surface area contributed by atoms with Crippen LogP contribution in [-0.2, 0) is 32.0 Å². The van der Waals surface area contributed by atoms with Crippen molar-refractivity contribution in [3.63, 3.8) is 0 Å². The van der Waals surface area contributed by atoms with Gasteiger partial charge in [0, 0.05) is 42.2 Å². The van der Waals surface area contributed by atoms with Gasteiger partial charge in [-0.3, -0.25) is 19.2 Å². The SMILES string of the molecule is CN(C)c1cc(CCC(=O)Oc2ccc(Br)cc2)c(O)c2c1C[C@H]1C[C@H]3CC(=O)C(C(N)=O)=C(O)[C@@]3(O)C(=O)C1=C2O. The number of aliphatic hydroxyl groups is 3. The van der Waals surface area contributed by atoms with Crippen molar-refractivity contribution >= 4 is 50.8 Å². The van der Waals surface area contributed by atoms with E-state index in [1.54, 1.807) is 49.3 Å². The topological polar surface area (TPSA) is 188 Å². The highest BCUT2D eigenvalue weighted by Crippen LogP contribution is 2.53. The van der Waals surface area contributed by atoms with Gasteiger partial charge in [0.2, 0.25) is 5.78 Å². The van der Waals surface area contributed by atoms with Crippen molar-refractivity contribution in [3.8, 4) is 11.5 Å². The number of fused-ring (bicyclic) bond motifs is 3. The van der Waals surface area contributed by atoms with Gasteiger partial charge in [-0.15, -0.1) is 0 Å². The van der Waals surface area contributed by atoms with Gasteiger partial charge in [-0.25, -0.2) is 0 Å². The maximum absolute atomic E-state index is 13.8. The summed E-state index contributed by atoms with van der Waals surface area (Å²) in [6, 6.07) is 8.42. The highest BCUT2D eigenvalue weighted by Gasteiger charge is 2.60. The lowest BCUT2D eigenvalue weighted by atomic mass is 9.59. The number of esters is 1. The molecule has 0 radical (unpaired) electrons. The molecule has 0 heterocycles. The molecule has 0 bridgehead atoms. The smallest absolute Gasteiger partial charge is 0.311 e. The second kappa shape index (κ2) is 10.6. The molecule has 3 atom stereocenters. The largest absolute Gasteiger partial charge is 0.508 e. The highest BCUT2D eigenvalue weighted by molar-refractivity contribution is 9.10. The molecule has 5 rings (SSSR count). The number of Topliss-reactive ketones (excluding diaryl/α,β-unsaturated/α-hetero) is 2. The molecule has 0 aliphatic heterocycles. The number of nitrogens with two attached hydrogens (primary N) is 1. The fourth-order valence-corrected chi connectivity index (χ4v) is 6.50. The van der Waals surface area contributed by atoms with E-state index in [2.05, 4.69) is 15.9 Å². The van der Waals surface area contributed by atoms with Gasteiger partial charge in [0.05, 0.1) is 12.0 Å². The molecule has 1 amide bonds. The van der Waals surface area contributed by atoms with Gasteiger partial charge in [-0.1, -0.05) is 15.9 Å². The number of aryl methyl sites for hydroxylation is 1. The molecule has 3 aliphatic carbocycles. The number of phenols is 1. The summed E-state index contributed by atoms with van der Waals surface area (Å²) >= 11 is 3.31. The van der Waals surface area contributed by atoms with E-state index >= 15 is 0 Å². The summed E-state index contributed by atoms with van der Waals surface area (Å²) in [7, 11) is 3.54. The quantitative estimate of drug-likeness (QED) is 0.178. The Bertz CT molecular complexity index is 1610. The lowest BCUT2D eigenvalue weighted by molar-refractivity contribution is -0.147. The first kappa shape index (κ1) is 29.3. The zero-order valence-electron chi connectivity index (χ0n) is 22.8. The first-order chi connectivity index (χ1) is 19.7. The number of carbonyl (C=O) groups is 4. The Balaban J connectivity index is 1.54. The number of carbonyl (C=O) groups excluding carboxylic acids is 4. The maximum Gasteiger partial charge on any atom is 0.311 e. The van der Waals surface area contributed by atoms with Gasteiger partial charge >= 0.3 is 5.97 Å². The number of rotatable bonds is 6. The molecule has 11 nitrogen and oxygen atoms in total. The van der Waals surface area contributed by atoms with Crippen molar-refractivity contribution in [3.05, 3.63) is 68.4 Å². The number of ether oxygens (including phenoxy) is 1. The second-order valence-corrected chi connectivity index (χ2v) is 11.9. The Kier molecular flexibility index (Phi) is 7.40. The number of benzene rings is 2. The van der Waals surface area contributed by atoms with Gasteiger partial charge < -0.3 is 35.8 Å². The predicted molar refractivity (Wildman–Crippen MR) is 154 cm³/mol. The van der Waals surface area contributed by atoms with E-state index in [1.165, 1.54) is 0 Å². The number of anilines is 1. The summed E-state index contributed by atoms with van der Waals surface area (Å²) in [4.78, 5) is 52.5. The Morgan fingerprint density at radius 3 is 2.40 bits per heavy atom. The number of hydrogen-bond acceptors (Lipinski definition) is 10. The number of ketones is 2. The summed E-state index contributed by atoms with van der Waals surface area (Å²) < 4.78 is 6.19. The molecule has 6 N–H and O–H groups in total. The lowest BCUT2D eigenvalue weighted by Gasteiger charge is -2.46. The summed E-state index contributed by atoms with van der Waals surface area (Å²) in [6.07, 6.45) is -0.211. The molecule has 0 aromatic heterocycles. The van der Waals surface area contributed by atoms with Gasteiger partial charge in [0.15, 0.2) is 11.4 Å². The maximum atomic E-state index is 13.8. The van der Waals surface area contributed by atoms with Crippen molar-refractivity contribution in [1.82, 2.24) is 0 Å². The zero-order valence-corrected chi connectivity index (χ0v) is 24.4. The predicted octanol–water partition coefficient (Wildman–Crippen LogP) is 2.79. The minimum atomic E-state index is -2.63. The molecule has 1 saturated carbocycles. The number of primary amides is 1. The number of nitrogens with zero attached hydrogens (tertiary/aromatic N) is 1. The highest BCUT2D eigenvalue weighted by atomic mass is 79.9. The van der Waals surface area contributed by atoms with Crippen LogP contribution in [0, 0.1) is 11.8 Å². The van der Waals surface area contributed by atoms with Crippen molar-refractivity contribution in [2.75, 3.05) is 19.0 Å². The van der Waals surface area contributed by atoms with Gasteiger partial charge in [0.25, 0.3) is 5.91 Å². The zero-order chi connectivity index (χ0) is 30.7. The molecule has 220 valence electrons. The van der Waals surface area contributed by atoms with Crippen LogP contribution in [0.5, 0.6) is 11.5 Å². The van der Waals surface area contributed by atoms with E-state index < -0.39 is 58.0 Å². The number of hydrogen-bond donors (Lipinski definition) is 5. The van der Waals surface area contributed by atoms with Crippen LogP contribution in [0.3, 0.4) is 0 Å². The lowest BCUT2D eigenvalue weighted by Crippen LogP contribution is -2.58. The molecular weight excluding hydrogens is 612 g/mol. The minimum Gasteiger partial charge on any atom is -0.508 e. The Hall–Kier alpha value is -4.16. The average Bonchev–Trinajstić information content (AvgIpc) is 2.91. The summed E-state index contributed by atoms with van der Waals surface area (Å²) in [5.41, 5.74) is 3.02. The van der Waals surface area contributed by atoms with Crippen LogP contribution in [0.1, 0.15) is 36.0 Å². The molecule has 42 heavy (non-hydrogen) atoms. The first-order valence-corrected chi connectivity index (χ1v) is 14.0. The van der Waals surface area contributed by atoms with Crippen LogP contribution in [-0.4, -0.2) is 63.6 Å². The molecule has 2 aromatic carbocycles. The third kappa shape index (κ3) is 4.64. The third-order valence-electron chi connectivity index (χ3n) is 8.24. The number of amides is 1. The van der Waals surface area contributed by atoms with Gasteiger partial charge in [-0.2, -0.15) is 0 Å². The molecule has 0 spiro atoms. The molecule has 0 unspecified atom stereocenters. The normalized spacial score (nSPS) is 23.2. The summed E-state index contributed by atoms with van der Waals surface area (Å²) in [6.45, 7) is 0. The van der Waals surface area contributed by atoms with E-state index in [0.717, 1.165) is 4.47 Å². The van der Waals surface area contributed by atoms with Crippen molar-refractivity contribution in [1.29, 1.82) is 0 Å². The summed E-state index contributed by atoms with van der Waals surface area (Å²) in [5.74, 6) is -7.03. The minimum absolute atomic E-state index is 0.0235. The van der Waals surface area contributed by atoms with E-state index in [0.29, 0.717) is 22.6 Å². The average molecular weight is 641 g/mol. The van der Waals surface area contributed by atoms with Crippen LogP contribution in [0.4, 0.5) is 5.69 Å². The van der Waals surface area contributed by atoms with Gasteiger partial charge in [0.1, 0.15) is 28.6 Å². The van der Waals surface area contributed by atoms with E-state index in [1.807, 2.05) is 0 Å². The van der Waals surface area contributed by atoms with Crippen LogP contribution >= 0.6 is 15.9 Å². The second-order valence-electron chi connectivity index (χ2n) is 11.0. The number of aromatic hydroxyl groups is 1. The standard InChI is InChI=1S/C30H29BrN2O9/c1-33(2)19-11-13(3-8-21(35)42-17-6-4-16(31)5-7-17)25(36)23-18(19)10-14-9-15-12-20(34)24(29(32)40)28(39)30(15,41)27(38)22(14)26(23)37/h4-7,11,14-15,36-37,39,41H,3,8-10,12H2,1-2H3,(H2,32,40)/t14-,15+,30+/m1/s1. The van der Waals surface area contributed by atoms with Crippen LogP contribution in [0.15, 0.2) is 51.7 Å². The molecule has 1 fully saturated rings. The Labute approximate surface area is 249 Å². The molecule has 0 saturated heterocycles. The monoisotopic (exact) mass is 640 g/mol. The van der Waals surface area contributed by atoms with E-state index in [9.17, 15) is 39.6 Å². The molecular formula is C30H29BrN2O9. The molecule has 2 aromatic rings. The third-order valence-corrected chi connectivity index (χ3v) is 8.77. The van der Waals surface area contributed by atoms with Crippen LogP contribution in [0.2, 0.25) is 0 Å². The number of halogens is 1. The van der Waals surface area contributed by atoms with Crippen LogP contribution in [0.25, 0.3) is 5.76 Å². The Morgan fingerprint density at radius 1 is 1.12 bits per heavy atom. The van der Waals surface area contributed by atoms with E-state index in [-0.39, 0.29) is 49.0 Å². The summed E-state index contributed by atoms with van der Waals surface area (Å²) in [5, 5.41) is 45.0. The van der Waals surface area contributed by atoms with Gasteiger partial charge in [-0.05, 0) is 66.6 Å². The van der Waals surface area contributed by atoms with E-state index in [4.69, 9.17) is 10.5 Å². The fourth-order valence-electron chi connectivity index (χ4n) is 6.24. The number of aliphatic hydroxyl groups excluding tert-OH is 2. The Morgan fingerprint density at radius 2 is 1.79 bits per heavy atom. The van der Waals surface area contributed by atoms with Crippen molar-refractivity contribution in [2.24, 2.45) is 17.6 Å². The van der Waals surface area contributed by atoms with Crippen LogP contribution < -0.4 is 15.4 Å². The van der Waals surface area contributed by atoms with Crippen molar-refractivity contribution in [2.45, 2.75) is 37.7 Å². The molecule has 3 aliphatic rings. The molecule has 12 heteroatoms.